The lowest BCUT2D eigenvalue weighted by Gasteiger charge is -2.09. The van der Waals surface area contributed by atoms with Crippen LogP contribution in [0, 0.1) is 18.3 Å². The van der Waals surface area contributed by atoms with Gasteiger partial charge in [0, 0.05) is 6.04 Å². The second-order valence-corrected chi connectivity index (χ2v) is 3.17. The zero-order valence-corrected chi connectivity index (χ0v) is 6.56. The molecule has 0 bridgehead atoms. The normalized spacial score (nSPS) is 20.0. The maximum atomic E-state index is 5.11. The van der Waals surface area contributed by atoms with E-state index in [0.717, 1.165) is 5.92 Å². The summed E-state index contributed by atoms with van der Waals surface area (Å²) < 4.78 is 0. The third-order valence-corrected chi connectivity index (χ3v) is 1.94. The first-order valence-corrected chi connectivity index (χ1v) is 3.99. The second-order valence-electron chi connectivity index (χ2n) is 3.17. The third-order valence-electron chi connectivity index (χ3n) is 1.94. The average Bonchev–Trinajstić information content (AvgIpc) is 2.67. The van der Waals surface area contributed by atoms with Crippen molar-refractivity contribution < 1.29 is 0 Å². The highest BCUT2D eigenvalue weighted by Crippen LogP contribution is 2.33. The van der Waals surface area contributed by atoms with Gasteiger partial charge in [-0.05, 0) is 19.3 Å². The fraction of sp³-hybridized carbons (Fsp3) is 0.778. The van der Waals surface area contributed by atoms with Crippen molar-refractivity contribution in [2.75, 3.05) is 6.54 Å². The lowest BCUT2D eigenvalue weighted by atomic mass is 10.2. The molecule has 0 aromatic carbocycles. The molecule has 1 saturated carbocycles. The molecule has 56 valence electrons. The van der Waals surface area contributed by atoms with Crippen LogP contribution in [0.1, 0.15) is 26.2 Å². The van der Waals surface area contributed by atoms with E-state index in [9.17, 15) is 0 Å². The predicted molar refractivity (Wildman–Crippen MR) is 43.6 cm³/mol. The van der Waals surface area contributed by atoms with Crippen LogP contribution in [-0.2, 0) is 0 Å². The van der Waals surface area contributed by atoms with Crippen LogP contribution in [0.4, 0.5) is 0 Å². The molecule has 10 heavy (non-hydrogen) atoms. The van der Waals surface area contributed by atoms with Crippen LogP contribution in [-0.4, -0.2) is 12.6 Å². The van der Waals surface area contributed by atoms with Gasteiger partial charge >= 0.3 is 0 Å². The Kier molecular flexibility index (Phi) is 2.77. The van der Waals surface area contributed by atoms with Gasteiger partial charge in [0.25, 0.3) is 0 Å². The van der Waals surface area contributed by atoms with Gasteiger partial charge in [-0.3, -0.25) is 0 Å². The minimum Gasteiger partial charge on any atom is -0.304 e. The summed E-state index contributed by atoms with van der Waals surface area (Å²) in [6.07, 6.45) is 9.28. The van der Waals surface area contributed by atoms with Crippen LogP contribution in [0.2, 0.25) is 0 Å². The number of hydrogen-bond acceptors (Lipinski definition) is 1. The Bertz CT molecular complexity index is 130. The van der Waals surface area contributed by atoms with Gasteiger partial charge in [-0.2, -0.15) is 0 Å². The predicted octanol–water partition coefficient (Wildman–Crippen LogP) is 1.40. The number of nitrogens with one attached hydrogen (secondary N) is 1. The summed E-state index contributed by atoms with van der Waals surface area (Å²) in [6.45, 7) is 2.92. The van der Waals surface area contributed by atoms with E-state index in [2.05, 4.69) is 18.2 Å². The molecule has 0 spiro atoms. The van der Waals surface area contributed by atoms with Gasteiger partial charge < -0.3 is 5.32 Å². The summed E-state index contributed by atoms with van der Waals surface area (Å²) in [4.78, 5) is 0. The summed E-state index contributed by atoms with van der Waals surface area (Å²) in [7, 11) is 0. The van der Waals surface area contributed by atoms with E-state index < -0.39 is 0 Å². The van der Waals surface area contributed by atoms with Crippen LogP contribution in [0.15, 0.2) is 0 Å². The fourth-order valence-electron chi connectivity index (χ4n) is 1.17. The minimum atomic E-state index is 0.614. The van der Waals surface area contributed by atoms with Crippen molar-refractivity contribution >= 4 is 0 Å². The molecule has 1 rings (SSSR count). The molecule has 0 aliphatic heterocycles. The Morgan fingerprint density at radius 3 is 2.90 bits per heavy atom. The first-order chi connectivity index (χ1) is 4.83. The smallest absolute Gasteiger partial charge is 0.0575 e. The van der Waals surface area contributed by atoms with Crippen LogP contribution < -0.4 is 5.32 Å². The number of hydrogen-bond donors (Lipinski definition) is 1. The standard InChI is InChI=1S/C9H15N/c1-3-6-10-8(2)7-9-4-5-9/h1,8-10H,4-7H2,2H3. The second kappa shape index (κ2) is 3.63. The molecular weight excluding hydrogens is 122 g/mol. The molecule has 0 radical (unpaired) electrons. The monoisotopic (exact) mass is 137 g/mol. The van der Waals surface area contributed by atoms with Crippen LogP contribution >= 0.6 is 0 Å². The molecule has 1 nitrogen and oxygen atoms in total. The molecule has 1 aliphatic rings. The van der Waals surface area contributed by atoms with Gasteiger partial charge in [0.15, 0.2) is 0 Å². The lowest BCUT2D eigenvalue weighted by Crippen LogP contribution is -2.26. The van der Waals surface area contributed by atoms with Crippen molar-refractivity contribution in [3.05, 3.63) is 0 Å². The molecule has 0 amide bonds. The van der Waals surface area contributed by atoms with Crippen LogP contribution in [0.25, 0.3) is 0 Å². The molecule has 0 heterocycles. The van der Waals surface area contributed by atoms with Gasteiger partial charge in [-0.25, -0.2) is 0 Å². The molecule has 0 saturated heterocycles. The van der Waals surface area contributed by atoms with E-state index in [-0.39, 0.29) is 0 Å². The van der Waals surface area contributed by atoms with E-state index in [1.807, 2.05) is 0 Å². The zero-order valence-electron chi connectivity index (χ0n) is 6.56. The molecule has 1 N–H and O–H groups in total. The summed E-state index contributed by atoms with van der Waals surface area (Å²) >= 11 is 0. The highest BCUT2D eigenvalue weighted by molar-refractivity contribution is 4.88. The largest absolute Gasteiger partial charge is 0.304 e. The van der Waals surface area contributed by atoms with Gasteiger partial charge in [0.05, 0.1) is 6.54 Å². The minimum absolute atomic E-state index is 0.614. The molecule has 1 unspecified atom stereocenters. The Morgan fingerprint density at radius 2 is 2.40 bits per heavy atom. The Balaban J connectivity index is 1.97. The molecule has 0 aromatic rings. The van der Waals surface area contributed by atoms with Gasteiger partial charge in [-0.1, -0.05) is 18.8 Å². The lowest BCUT2D eigenvalue weighted by molar-refractivity contribution is 0.514. The first-order valence-electron chi connectivity index (χ1n) is 3.99. The van der Waals surface area contributed by atoms with Gasteiger partial charge in [0.1, 0.15) is 0 Å². The molecule has 0 aromatic heterocycles. The van der Waals surface area contributed by atoms with E-state index >= 15 is 0 Å². The van der Waals surface area contributed by atoms with Crippen LogP contribution in [0.3, 0.4) is 0 Å². The maximum absolute atomic E-state index is 5.11. The Morgan fingerprint density at radius 1 is 1.70 bits per heavy atom. The zero-order chi connectivity index (χ0) is 7.40. The van der Waals surface area contributed by atoms with Crippen molar-refractivity contribution in [1.82, 2.24) is 5.32 Å². The highest BCUT2D eigenvalue weighted by atomic mass is 14.9. The SMILES string of the molecule is C#CCNC(C)CC1CC1. The molecular formula is C9H15N. The third kappa shape index (κ3) is 2.89. The highest BCUT2D eigenvalue weighted by Gasteiger charge is 2.22. The number of rotatable bonds is 4. The van der Waals surface area contributed by atoms with Gasteiger partial charge in [-0.15, -0.1) is 6.42 Å². The fourth-order valence-corrected chi connectivity index (χ4v) is 1.17. The van der Waals surface area contributed by atoms with Crippen molar-refractivity contribution in [2.45, 2.75) is 32.2 Å². The van der Waals surface area contributed by atoms with Gasteiger partial charge in [0.2, 0.25) is 0 Å². The summed E-state index contributed by atoms with van der Waals surface area (Å²) in [5.74, 6) is 3.58. The van der Waals surface area contributed by atoms with Crippen molar-refractivity contribution in [3.8, 4) is 12.3 Å². The quantitative estimate of drug-likeness (QED) is 0.577. The van der Waals surface area contributed by atoms with E-state index in [0.29, 0.717) is 12.6 Å². The molecule has 1 fully saturated rings. The summed E-state index contributed by atoms with van der Waals surface area (Å²) in [5, 5.41) is 3.27. The molecule has 1 atom stereocenters. The van der Waals surface area contributed by atoms with E-state index in [4.69, 9.17) is 6.42 Å². The maximum Gasteiger partial charge on any atom is 0.0575 e. The molecule has 1 aliphatic carbocycles. The van der Waals surface area contributed by atoms with Crippen molar-refractivity contribution in [2.24, 2.45) is 5.92 Å². The van der Waals surface area contributed by atoms with E-state index in [1.165, 1.54) is 19.3 Å². The Labute approximate surface area is 63.2 Å². The van der Waals surface area contributed by atoms with E-state index in [1.54, 1.807) is 0 Å². The van der Waals surface area contributed by atoms with Crippen LogP contribution in [0.5, 0.6) is 0 Å². The topological polar surface area (TPSA) is 12.0 Å². The average molecular weight is 137 g/mol. The van der Waals surface area contributed by atoms with Crippen molar-refractivity contribution in [1.29, 1.82) is 0 Å². The summed E-state index contributed by atoms with van der Waals surface area (Å²) in [6, 6.07) is 0.614. The molecule has 1 heteroatoms. The number of terminal acetylenes is 1. The van der Waals surface area contributed by atoms with Crippen molar-refractivity contribution in [3.63, 3.8) is 0 Å². The first kappa shape index (κ1) is 7.63. The summed E-state index contributed by atoms with van der Waals surface area (Å²) in [5.41, 5.74) is 0. The Hall–Kier alpha value is -0.480.